The Labute approximate surface area is 107 Å². The van der Waals surface area contributed by atoms with Crippen molar-refractivity contribution >= 4 is 5.91 Å². The van der Waals surface area contributed by atoms with Gasteiger partial charge in [-0.05, 0) is 6.07 Å². The minimum atomic E-state index is -0.0597. The first-order valence-electron chi connectivity index (χ1n) is 5.67. The zero-order valence-electron chi connectivity index (χ0n) is 11.0. The molecule has 1 rings (SSSR count). The van der Waals surface area contributed by atoms with Crippen LogP contribution in [0, 0.1) is 0 Å². The molecule has 18 heavy (non-hydrogen) atoms. The molecule has 1 amide bonds. The van der Waals surface area contributed by atoms with E-state index in [4.69, 9.17) is 14.2 Å². The minimum Gasteiger partial charge on any atom is -0.497 e. The fourth-order valence-electron chi connectivity index (χ4n) is 1.53. The number of hydrogen-bond acceptors (Lipinski definition) is 4. The molecule has 0 saturated carbocycles. The Morgan fingerprint density at radius 1 is 1.22 bits per heavy atom. The molecule has 0 aliphatic heterocycles. The molecule has 0 radical (unpaired) electrons. The molecule has 0 unspecified atom stereocenters. The number of carbonyl (C=O) groups excluding carboxylic acids is 1. The van der Waals surface area contributed by atoms with Gasteiger partial charge in [0, 0.05) is 25.3 Å². The number of ether oxygens (including phenoxy) is 3. The maximum atomic E-state index is 11.7. The number of hydrogen-bond donors (Lipinski definition) is 1. The second-order valence-corrected chi connectivity index (χ2v) is 3.70. The average molecular weight is 253 g/mol. The van der Waals surface area contributed by atoms with Crippen LogP contribution in [-0.4, -0.2) is 40.4 Å². The van der Waals surface area contributed by atoms with Crippen molar-refractivity contribution in [1.29, 1.82) is 0 Å². The standard InChI is InChI=1S/C13H19NO4/c1-16-7-6-14-13(15)8-10-4-5-11(17-2)9-12(10)18-3/h4-5,9H,6-8H2,1-3H3,(H,14,15). The Balaban J connectivity index is 2.63. The van der Waals surface area contributed by atoms with Crippen LogP contribution in [0.4, 0.5) is 0 Å². The third-order valence-electron chi connectivity index (χ3n) is 2.47. The molecule has 100 valence electrons. The van der Waals surface area contributed by atoms with Gasteiger partial charge in [-0.1, -0.05) is 6.07 Å². The summed E-state index contributed by atoms with van der Waals surface area (Å²) in [5, 5.41) is 2.76. The monoisotopic (exact) mass is 253 g/mol. The molecular formula is C13H19NO4. The van der Waals surface area contributed by atoms with Gasteiger partial charge in [-0.3, -0.25) is 4.79 Å². The Bertz CT molecular complexity index is 393. The second kappa shape index (κ2) is 7.55. The van der Waals surface area contributed by atoms with Crippen molar-refractivity contribution in [2.75, 3.05) is 34.5 Å². The summed E-state index contributed by atoms with van der Waals surface area (Å²) in [6, 6.07) is 5.39. The normalized spacial score (nSPS) is 9.94. The van der Waals surface area contributed by atoms with E-state index in [9.17, 15) is 4.79 Å². The summed E-state index contributed by atoms with van der Waals surface area (Å²) in [4.78, 5) is 11.7. The molecule has 1 aromatic carbocycles. The Morgan fingerprint density at radius 2 is 2.00 bits per heavy atom. The average Bonchev–Trinajstić information content (AvgIpc) is 2.39. The molecular weight excluding hydrogens is 234 g/mol. The lowest BCUT2D eigenvalue weighted by atomic mass is 10.1. The van der Waals surface area contributed by atoms with Crippen LogP contribution < -0.4 is 14.8 Å². The SMILES string of the molecule is COCCNC(=O)Cc1ccc(OC)cc1OC. The van der Waals surface area contributed by atoms with Crippen LogP contribution in [0.5, 0.6) is 11.5 Å². The maximum Gasteiger partial charge on any atom is 0.224 e. The highest BCUT2D eigenvalue weighted by molar-refractivity contribution is 5.79. The van der Waals surface area contributed by atoms with Gasteiger partial charge in [0.15, 0.2) is 0 Å². The van der Waals surface area contributed by atoms with E-state index in [1.54, 1.807) is 33.5 Å². The van der Waals surface area contributed by atoms with Crippen molar-refractivity contribution in [3.8, 4) is 11.5 Å². The highest BCUT2D eigenvalue weighted by atomic mass is 16.5. The quantitative estimate of drug-likeness (QED) is 0.737. The van der Waals surface area contributed by atoms with Crippen LogP contribution >= 0.6 is 0 Å². The lowest BCUT2D eigenvalue weighted by Crippen LogP contribution is -2.28. The molecule has 5 heteroatoms. The zero-order valence-corrected chi connectivity index (χ0v) is 11.0. The molecule has 0 heterocycles. The number of carbonyl (C=O) groups is 1. The molecule has 1 aromatic rings. The van der Waals surface area contributed by atoms with Gasteiger partial charge < -0.3 is 19.5 Å². The molecule has 0 atom stereocenters. The van der Waals surface area contributed by atoms with Gasteiger partial charge in [0.25, 0.3) is 0 Å². The smallest absolute Gasteiger partial charge is 0.224 e. The van der Waals surface area contributed by atoms with Gasteiger partial charge >= 0.3 is 0 Å². The number of methoxy groups -OCH3 is 3. The molecule has 0 bridgehead atoms. The highest BCUT2D eigenvalue weighted by Crippen LogP contribution is 2.24. The summed E-state index contributed by atoms with van der Waals surface area (Å²) >= 11 is 0. The summed E-state index contributed by atoms with van der Waals surface area (Å²) in [5.74, 6) is 1.29. The van der Waals surface area contributed by atoms with Crippen LogP contribution in [-0.2, 0) is 16.0 Å². The van der Waals surface area contributed by atoms with E-state index in [0.29, 0.717) is 24.7 Å². The topological polar surface area (TPSA) is 56.8 Å². The van der Waals surface area contributed by atoms with Crippen molar-refractivity contribution < 1.29 is 19.0 Å². The molecule has 0 aliphatic carbocycles. The lowest BCUT2D eigenvalue weighted by Gasteiger charge is -2.10. The predicted octanol–water partition coefficient (Wildman–Crippen LogP) is 1.01. The van der Waals surface area contributed by atoms with E-state index in [2.05, 4.69) is 5.32 Å². The first-order chi connectivity index (χ1) is 8.71. The van der Waals surface area contributed by atoms with Crippen molar-refractivity contribution in [1.82, 2.24) is 5.32 Å². The van der Waals surface area contributed by atoms with Crippen LogP contribution in [0.2, 0.25) is 0 Å². The van der Waals surface area contributed by atoms with Crippen LogP contribution in [0.3, 0.4) is 0 Å². The highest BCUT2D eigenvalue weighted by Gasteiger charge is 2.09. The molecule has 5 nitrogen and oxygen atoms in total. The van der Waals surface area contributed by atoms with Gasteiger partial charge in [0.05, 0.1) is 27.2 Å². The summed E-state index contributed by atoms with van der Waals surface area (Å²) < 4.78 is 15.2. The van der Waals surface area contributed by atoms with E-state index in [-0.39, 0.29) is 12.3 Å². The first kappa shape index (κ1) is 14.3. The van der Waals surface area contributed by atoms with Crippen LogP contribution in [0.15, 0.2) is 18.2 Å². The number of benzene rings is 1. The number of rotatable bonds is 7. The molecule has 0 aliphatic rings. The largest absolute Gasteiger partial charge is 0.497 e. The fourth-order valence-corrected chi connectivity index (χ4v) is 1.53. The predicted molar refractivity (Wildman–Crippen MR) is 68.1 cm³/mol. The van der Waals surface area contributed by atoms with Crippen LogP contribution in [0.25, 0.3) is 0 Å². The Hall–Kier alpha value is -1.75. The van der Waals surface area contributed by atoms with Crippen molar-refractivity contribution in [3.63, 3.8) is 0 Å². The molecule has 0 spiro atoms. The van der Waals surface area contributed by atoms with E-state index in [1.807, 2.05) is 6.07 Å². The van der Waals surface area contributed by atoms with Gasteiger partial charge in [-0.15, -0.1) is 0 Å². The van der Waals surface area contributed by atoms with Gasteiger partial charge in [-0.25, -0.2) is 0 Å². The molecule has 1 N–H and O–H groups in total. The minimum absolute atomic E-state index is 0.0597. The summed E-state index contributed by atoms with van der Waals surface area (Å²) in [7, 11) is 4.76. The second-order valence-electron chi connectivity index (χ2n) is 3.70. The summed E-state index contributed by atoms with van der Waals surface area (Å²) in [5.41, 5.74) is 0.827. The Kier molecular flexibility index (Phi) is 6.00. The summed E-state index contributed by atoms with van der Waals surface area (Å²) in [6.07, 6.45) is 0.275. The van der Waals surface area contributed by atoms with Gasteiger partial charge in [0.1, 0.15) is 11.5 Å². The van der Waals surface area contributed by atoms with Gasteiger partial charge in [-0.2, -0.15) is 0 Å². The van der Waals surface area contributed by atoms with E-state index in [1.165, 1.54) is 0 Å². The fraction of sp³-hybridized carbons (Fsp3) is 0.462. The third-order valence-corrected chi connectivity index (χ3v) is 2.47. The Morgan fingerprint density at radius 3 is 2.61 bits per heavy atom. The van der Waals surface area contributed by atoms with Crippen LogP contribution in [0.1, 0.15) is 5.56 Å². The van der Waals surface area contributed by atoms with E-state index >= 15 is 0 Å². The third kappa shape index (κ3) is 4.25. The van der Waals surface area contributed by atoms with Crippen molar-refractivity contribution in [2.45, 2.75) is 6.42 Å². The lowest BCUT2D eigenvalue weighted by molar-refractivity contribution is -0.120. The molecule has 0 saturated heterocycles. The van der Waals surface area contributed by atoms with E-state index < -0.39 is 0 Å². The van der Waals surface area contributed by atoms with Crippen molar-refractivity contribution in [3.05, 3.63) is 23.8 Å². The van der Waals surface area contributed by atoms with Gasteiger partial charge in [0.2, 0.25) is 5.91 Å². The molecule has 0 aromatic heterocycles. The van der Waals surface area contributed by atoms with Crippen molar-refractivity contribution in [2.24, 2.45) is 0 Å². The zero-order chi connectivity index (χ0) is 13.4. The molecule has 0 fully saturated rings. The number of amides is 1. The maximum absolute atomic E-state index is 11.7. The first-order valence-corrected chi connectivity index (χ1v) is 5.67. The summed E-state index contributed by atoms with van der Waals surface area (Å²) in [6.45, 7) is 1.01. The number of nitrogens with one attached hydrogen (secondary N) is 1. The van der Waals surface area contributed by atoms with E-state index in [0.717, 1.165) is 5.56 Å².